The predicted molar refractivity (Wildman–Crippen MR) is 63.9 cm³/mol. The third-order valence-electron chi connectivity index (χ3n) is 0. The zero-order valence-electron chi connectivity index (χ0n) is 12.0. The first-order valence-corrected chi connectivity index (χ1v) is 10.0. The molecule has 0 aliphatic rings. The smallest absolute Gasteiger partial charge is 0.759 e. The molecule has 0 aromatic rings. The Morgan fingerprint density at radius 2 is 0.276 bits per heavy atom. The zero-order chi connectivity index (χ0) is 22.5. The molecule has 0 heterocycles. The van der Waals surface area contributed by atoms with Crippen molar-refractivity contribution in [2.24, 2.45) is 0 Å². The molecule has 0 aliphatic carbocycles. The first kappa shape index (κ1) is 57.4. The maximum Gasteiger partial charge on any atom is 3.00 e. The Balaban J connectivity index is -0.0000000238. The van der Waals surface area contributed by atoms with Gasteiger partial charge in [-0.2, -0.15) is 0 Å². The van der Waals surface area contributed by atoms with Gasteiger partial charge in [0.15, 0.2) is 0 Å². The molecule has 0 bridgehead atoms. The van der Waals surface area contributed by atoms with Crippen molar-refractivity contribution in [2.45, 2.75) is 0 Å². The van der Waals surface area contributed by atoms with Crippen molar-refractivity contribution < 1.29 is 122 Å². The van der Waals surface area contributed by atoms with Crippen LogP contribution in [0.1, 0.15) is 0 Å². The standard InChI is InChI=1S/2Al.2Cu.5H2O4S/c;;;;5*1-5(2,3)4/h;;;;5*(H2,1,2,3,4)/q2*+3;2*+2;;;;;/p-10. The molecule has 0 fully saturated rings. The summed E-state index contributed by atoms with van der Waals surface area (Å²) in [7, 11) is -25.8. The molecule has 0 atom stereocenters. The van der Waals surface area contributed by atoms with Gasteiger partial charge in [-0.05, 0) is 0 Å². The molecule has 0 aromatic heterocycles. The van der Waals surface area contributed by atoms with Crippen LogP contribution in [0.2, 0.25) is 0 Å². The van der Waals surface area contributed by atoms with Crippen LogP contribution in [-0.2, 0) is 86.1 Å². The molecular formula is Al2Cu2O20S5. The minimum absolute atomic E-state index is 0. The summed E-state index contributed by atoms with van der Waals surface area (Å²) in [6, 6.07) is 0. The number of rotatable bonds is 0. The van der Waals surface area contributed by atoms with E-state index >= 15 is 0 Å². The molecule has 0 saturated heterocycles. The molecule has 0 unspecified atom stereocenters. The van der Waals surface area contributed by atoms with Gasteiger partial charge < -0.3 is 45.5 Å². The van der Waals surface area contributed by atoms with Crippen LogP contribution in [0.3, 0.4) is 0 Å². The van der Waals surface area contributed by atoms with Crippen LogP contribution >= 0.6 is 0 Å². The Morgan fingerprint density at radius 3 is 0.276 bits per heavy atom. The van der Waals surface area contributed by atoms with Gasteiger partial charge >= 0.3 is 68.9 Å². The van der Waals surface area contributed by atoms with Gasteiger partial charge in [0, 0.05) is 52.0 Å². The van der Waals surface area contributed by atoms with E-state index in [4.69, 9.17) is 87.6 Å². The fourth-order valence-corrected chi connectivity index (χ4v) is 0. The molecule has 0 aliphatic heterocycles. The van der Waals surface area contributed by atoms with Crippen LogP contribution in [0, 0.1) is 0 Å². The van der Waals surface area contributed by atoms with Gasteiger partial charge in [-0.25, -0.2) is 0 Å². The molecule has 178 valence electrons. The van der Waals surface area contributed by atoms with Crippen LogP contribution in [0.5, 0.6) is 0 Å². The third-order valence-corrected chi connectivity index (χ3v) is 0. The summed E-state index contributed by atoms with van der Waals surface area (Å²) < 4.78 is 170. The molecule has 0 aromatic carbocycles. The minimum atomic E-state index is -5.17. The van der Waals surface area contributed by atoms with Crippen molar-refractivity contribution in [3.63, 3.8) is 0 Å². The van der Waals surface area contributed by atoms with Crippen molar-refractivity contribution in [3.8, 4) is 0 Å². The van der Waals surface area contributed by atoms with Gasteiger partial charge in [0.1, 0.15) is 0 Å². The maximum atomic E-state index is 8.52. The minimum Gasteiger partial charge on any atom is -0.759 e. The molecule has 29 heteroatoms. The topological polar surface area (TPSA) is 401 Å². The Bertz CT molecular complexity index is 629. The van der Waals surface area contributed by atoms with Crippen LogP contribution in [-0.4, -0.2) is 122 Å². The van der Waals surface area contributed by atoms with E-state index in [0.717, 1.165) is 0 Å². The van der Waals surface area contributed by atoms with Gasteiger partial charge in [0.25, 0.3) is 0 Å². The predicted octanol–water partition coefficient (Wildman–Crippen LogP) is -7.46. The second kappa shape index (κ2) is 24.1. The van der Waals surface area contributed by atoms with Crippen molar-refractivity contribution in [1.29, 1.82) is 0 Å². The molecule has 0 amide bonds. The summed E-state index contributed by atoms with van der Waals surface area (Å²) in [5.41, 5.74) is 0. The first-order valence-electron chi connectivity index (χ1n) is 3.33. The molecule has 0 spiro atoms. The fraction of sp³-hybridized carbons (Fsp3) is 0. The monoisotopic (exact) mass is 660 g/mol. The van der Waals surface area contributed by atoms with Crippen molar-refractivity contribution in [3.05, 3.63) is 0 Å². The first-order chi connectivity index (χ1) is 10.0. The Labute approximate surface area is 206 Å². The van der Waals surface area contributed by atoms with E-state index in [1.54, 1.807) is 0 Å². The van der Waals surface area contributed by atoms with E-state index in [1.165, 1.54) is 0 Å². The van der Waals surface area contributed by atoms with Crippen molar-refractivity contribution in [1.82, 2.24) is 0 Å². The van der Waals surface area contributed by atoms with Crippen LogP contribution in [0.4, 0.5) is 0 Å². The van der Waals surface area contributed by atoms with Gasteiger partial charge in [-0.1, -0.05) is 0 Å². The molecule has 0 saturated carbocycles. The van der Waals surface area contributed by atoms with Crippen LogP contribution in [0.25, 0.3) is 0 Å². The quantitative estimate of drug-likeness (QED) is 0.132. The average molecular weight is 661 g/mol. The van der Waals surface area contributed by atoms with Gasteiger partial charge in [0.2, 0.25) is 0 Å². The van der Waals surface area contributed by atoms with Gasteiger partial charge in [-0.3, -0.25) is 42.1 Å². The van der Waals surface area contributed by atoms with E-state index in [9.17, 15) is 0 Å². The zero-order valence-corrected chi connectivity index (χ0v) is 20.2. The summed E-state index contributed by atoms with van der Waals surface area (Å²) >= 11 is 0. The van der Waals surface area contributed by atoms with E-state index in [1.807, 2.05) is 0 Å². The summed E-state index contributed by atoms with van der Waals surface area (Å²) in [4.78, 5) is 0. The average Bonchev–Trinajstić information content (AvgIpc) is 1.79. The number of hydrogen-bond donors (Lipinski definition) is 0. The SMILES string of the molecule is O=S(=O)([O-])[O-].O=S(=O)([O-])[O-].O=S(=O)([O-])[O-].O=S(=O)([O-])[O-].O=S(=O)([O-])[O-].[Al+3].[Al+3].[Cu+2].[Cu+2]. The van der Waals surface area contributed by atoms with E-state index < -0.39 is 52.0 Å². The fourth-order valence-electron chi connectivity index (χ4n) is 0. The second-order valence-electron chi connectivity index (χ2n) is 2.04. The Kier molecular flexibility index (Phi) is 47.7. The van der Waals surface area contributed by atoms with Crippen molar-refractivity contribution in [2.75, 3.05) is 0 Å². The Hall–Kier alpha value is 1.45. The number of hydrogen-bond acceptors (Lipinski definition) is 20. The van der Waals surface area contributed by atoms with Gasteiger partial charge in [0.05, 0.1) is 0 Å². The summed E-state index contributed by atoms with van der Waals surface area (Å²) in [6.45, 7) is 0. The van der Waals surface area contributed by atoms with Crippen LogP contribution < -0.4 is 0 Å². The van der Waals surface area contributed by atoms with E-state index in [2.05, 4.69) is 0 Å². The van der Waals surface area contributed by atoms with Crippen molar-refractivity contribution >= 4 is 86.7 Å². The third kappa shape index (κ3) is 10500. The summed E-state index contributed by atoms with van der Waals surface area (Å²) in [5.74, 6) is 0. The summed E-state index contributed by atoms with van der Waals surface area (Å²) in [6.07, 6.45) is 0. The molecule has 2 radical (unpaired) electrons. The van der Waals surface area contributed by atoms with E-state index in [-0.39, 0.29) is 68.9 Å². The molecule has 29 heavy (non-hydrogen) atoms. The molecular weight excluding hydrogens is 661 g/mol. The second-order valence-corrected chi connectivity index (χ2v) is 6.12. The van der Waals surface area contributed by atoms with Crippen LogP contribution in [0.15, 0.2) is 0 Å². The van der Waals surface area contributed by atoms with Gasteiger partial charge in [-0.15, -0.1) is 0 Å². The van der Waals surface area contributed by atoms with E-state index in [0.29, 0.717) is 0 Å². The summed E-state index contributed by atoms with van der Waals surface area (Å²) in [5, 5.41) is 0. The maximum absolute atomic E-state index is 8.52. The Morgan fingerprint density at radius 1 is 0.276 bits per heavy atom. The molecule has 20 nitrogen and oxygen atoms in total. The largest absolute Gasteiger partial charge is 3.00 e. The normalized spacial score (nSPS) is 10.0. The molecule has 0 rings (SSSR count). The molecule has 0 N–H and O–H groups in total.